The minimum absolute atomic E-state index is 0.103. The van der Waals surface area contributed by atoms with Crippen LogP contribution in [0.3, 0.4) is 0 Å². The second-order valence-corrected chi connectivity index (χ2v) is 14.1. The maximum atomic E-state index is 14.0. The maximum absolute atomic E-state index is 14.0. The fraction of sp³-hybridized carbons (Fsp3) is 0.567. The summed E-state index contributed by atoms with van der Waals surface area (Å²) < 4.78 is 32.9. The number of unbranched alkanes of at least 4 members (excludes halogenated alkanes) is 5. The van der Waals surface area contributed by atoms with E-state index >= 15 is 0 Å². The van der Waals surface area contributed by atoms with Crippen molar-refractivity contribution in [1.82, 2.24) is 0 Å². The average molecular weight is 533 g/mol. The van der Waals surface area contributed by atoms with E-state index in [0.717, 1.165) is 30.4 Å². The summed E-state index contributed by atoms with van der Waals surface area (Å²) in [5.41, 5.74) is 1.54. The van der Waals surface area contributed by atoms with Crippen molar-refractivity contribution in [2.45, 2.75) is 113 Å². The normalized spacial score (nSPS) is 14.4. The second kappa shape index (κ2) is 14.8. The predicted octanol–water partition coefficient (Wildman–Crippen LogP) is 7.64. The lowest BCUT2D eigenvalue weighted by Gasteiger charge is -2.27. The van der Waals surface area contributed by atoms with Gasteiger partial charge < -0.3 is 4.74 Å². The molecule has 0 fully saturated rings. The summed E-state index contributed by atoms with van der Waals surface area (Å²) in [6.07, 6.45) is 7.49. The molecule has 2 aromatic carbocycles. The third-order valence-corrected chi connectivity index (χ3v) is 10.2. The summed E-state index contributed by atoms with van der Waals surface area (Å²) in [5.74, 6) is -0.652. The molecule has 3 atom stereocenters. The molecule has 0 spiro atoms. The Labute approximate surface area is 223 Å². The number of rotatable bonds is 14. The van der Waals surface area contributed by atoms with Crippen molar-refractivity contribution >= 4 is 27.6 Å². The van der Waals surface area contributed by atoms with E-state index in [-0.39, 0.29) is 18.3 Å². The molecule has 0 heterocycles. The molecule has 0 aromatic heterocycles. The van der Waals surface area contributed by atoms with Gasteiger partial charge in [-0.1, -0.05) is 80.8 Å². The second-order valence-electron chi connectivity index (χ2n) is 10.7. The number of hydrogen-bond acceptors (Lipinski definition) is 4. The van der Waals surface area contributed by atoms with Crippen molar-refractivity contribution in [2.75, 3.05) is 0 Å². The van der Waals surface area contributed by atoms with Gasteiger partial charge in [0.1, 0.15) is 10.2 Å². The minimum Gasteiger partial charge on any atom is -0.460 e. The first-order chi connectivity index (χ1) is 17.0. The van der Waals surface area contributed by atoms with E-state index in [1.165, 1.54) is 19.3 Å². The maximum Gasteiger partial charge on any atom is 0.306 e. The van der Waals surface area contributed by atoms with Crippen molar-refractivity contribution in [3.8, 4) is 0 Å². The first-order valence-electron chi connectivity index (χ1n) is 13.2. The van der Waals surface area contributed by atoms with E-state index in [2.05, 4.69) is 6.92 Å². The van der Waals surface area contributed by atoms with E-state index in [4.69, 9.17) is 4.74 Å². The lowest BCUT2D eigenvalue weighted by molar-refractivity contribution is -0.155. The monoisotopic (exact) mass is 532 g/mol. The summed E-state index contributed by atoms with van der Waals surface area (Å²) in [7, 11) is -3.11. The van der Waals surface area contributed by atoms with Crippen LogP contribution in [0.2, 0.25) is 0 Å². The zero-order chi connectivity index (χ0) is 26.7. The zero-order valence-corrected chi connectivity index (χ0v) is 24.5. The van der Waals surface area contributed by atoms with Gasteiger partial charge in [-0.2, -0.15) is 0 Å². The number of esters is 1. The van der Waals surface area contributed by atoms with Crippen LogP contribution in [-0.2, 0) is 31.1 Å². The summed E-state index contributed by atoms with van der Waals surface area (Å²) >= 11 is 0. The van der Waals surface area contributed by atoms with Gasteiger partial charge in [-0.15, -0.1) is 0 Å². The standard InChI is InChI=1S/C30H44O4S2/c1-7-8-9-10-11-12-13-25(22-28(31)34-30(4,5)6)29(35(32)26-18-14-23(2)15-19-26)36(33)27-20-16-24(3)17-21-27/h14-21,25,29H,7-13,22H2,1-6H3/t25-,35+,36+/m1/s1. The van der Waals surface area contributed by atoms with Gasteiger partial charge in [0.2, 0.25) is 0 Å². The van der Waals surface area contributed by atoms with Crippen LogP contribution in [0.25, 0.3) is 0 Å². The van der Waals surface area contributed by atoms with Crippen molar-refractivity contribution in [1.29, 1.82) is 0 Å². The molecule has 0 saturated carbocycles. The molecule has 0 N–H and O–H groups in total. The molecule has 0 aliphatic rings. The van der Waals surface area contributed by atoms with E-state index in [0.29, 0.717) is 16.2 Å². The van der Waals surface area contributed by atoms with E-state index in [9.17, 15) is 13.2 Å². The van der Waals surface area contributed by atoms with Gasteiger partial charge >= 0.3 is 5.97 Å². The van der Waals surface area contributed by atoms with Crippen molar-refractivity contribution < 1.29 is 17.9 Å². The number of carbonyl (C=O) groups excluding carboxylic acids is 1. The van der Waals surface area contributed by atoms with Gasteiger partial charge in [0.15, 0.2) is 0 Å². The molecule has 0 amide bonds. The van der Waals surface area contributed by atoms with Crippen LogP contribution in [0.4, 0.5) is 0 Å². The molecule has 36 heavy (non-hydrogen) atoms. The first-order valence-corrected chi connectivity index (χ1v) is 15.6. The molecule has 6 heteroatoms. The van der Waals surface area contributed by atoms with E-state index < -0.39 is 31.8 Å². The van der Waals surface area contributed by atoms with Crippen LogP contribution in [-0.4, -0.2) is 24.6 Å². The van der Waals surface area contributed by atoms with Crippen molar-refractivity contribution in [3.05, 3.63) is 59.7 Å². The Morgan fingerprint density at radius 3 is 1.67 bits per heavy atom. The number of aryl methyl sites for hydroxylation is 2. The molecular weight excluding hydrogens is 488 g/mol. The highest BCUT2D eigenvalue weighted by Crippen LogP contribution is 2.32. The van der Waals surface area contributed by atoms with Crippen molar-refractivity contribution in [3.63, 3.8) is 0 Å². The van der Waals surface area contributed by atoms with Crippen LogP contribution < -0.4 is 0 Å². The number of carbonyl (C=O) groups is 1. The highest BCUT2D eigenvalue weighted by atomic mass is 32.2. The Kier molecular flexibility index (Phi) is 12.5. The van der Waals surface area contributed by atoms with Gasteiger partial charge in [-0.25, -0.2) is 0 Å². The highest BCUT2D eigenvalue weighted by Gasteiger charge is 2.36. The molecular formula is C30H44O4S2. The molecule has 4 nitrogen and oxygen atoms in total. The minimum atomic E-state index is -1.55. The average Bonchev–Trinajstić information content (AvgIpc) is 2.80. The quantitative estimate of drug-likeness (QED) is 0.185. The van der Waals surface area contributed by atoms with E-state index in [1.807, 2.05) is 83.1 Å². The number of hydrogen-bond donors (Lipinski definition) is 0. The molecule has 0 aliphatic carbocycles. The molecule has 2 aromatic rings. The van der Waals surface area contributed by atoms with Gasteiger partial charge in [0, 0.05) is 9.79 Å². The summed E-state index contributed by atoms with van der Waals surface area (Å²) in [4.78, 5) is 14.2. The van der Waals surface area contributed by atoms with Crippen LogP contribution >= 0.6 is 0 Å². The zero-order valence-electron chi connectivity index (χ0n) is 22.9. The Bertz CT molecular complexity index is 934. The Morgan fingerprint density at radius 2 is 1.22 bits per heavy atom. The van der Waals surface area contributed by atoms with Crippen LogP contribution in [0.5, 0.6) is 0 Å². The Morgan fingerprint density at radius 1 is 0.778 bits per heavy atom. The number of ether oxygens (including phenoxy) is 1. The number of benzene rings is 2. The van der Waals surface area contributed by atoms with Gasteiger partial charge in [0.25, 0.3) is 0 Å². The lowest BCUT2D eigenvalue weighted by Crippen LogP contribution is -2.34. The smallest absolute Gasteiger partial charge is 0.306 e. The summed E-state index contributed by atoms with van der Waals surface area (Å²) in [6.45, 7) is 11.7. The van der Waals surface area contributed by atoms with Gasteiger partial charge in [-0.3, -0.25) is 13.2 Å². The Balaban J connectivity index is 2.39. The molecule has 0 bridgehead atoms. The van der Waals surface area contributed by atoms with Crippen molar-refractivity contribution in [2.24, 2.45) is 5.92 Å². The highest BCUT2D eigenvalue weighted by molar-refractivity contribution is 8.03. The predicted molar refractivity (Wildman–Crippen MR) is 151 cm³/mol. The first kappa shape index (κ1) is 30.4. The lowest BCUT2D eigenvalue weighted by atomic mass is 9.98. The molecule has 2 rings (SSSR count). The van der Waals surface area contributed by atoms with Gasteiger partial charge in [-0.05, 0) is 71.2 Å². The largest absolute Gasteiger partial charge is 0.460 e. The van der Waals surface area contributed by atoms with Crippen LogP contribution in [0.1, 0.15) is 90.2 Å². The molecule has 0 saturated heterocycles. The molecule has 200 valence electrons. The fourth-order valence-electron chi connectivity index (χ4n) is 4.16. The van der Waals surface area contributed by atoms with Gasteiger partial charge in [0.05, 0.1) is 28.0 Å². The Hall–Kier alpha value is -1.79. The fourth-order valence-corrected chi connectivity index (χ4v) is 7.97. The summed E-state index contributed by atoms with van der Waals surface area (Å²) in [5, 5.41) is 0. The third kappa shape index (κ3) is 10.3. The third-order valence-electron chi connectivity index (χ3n) is 6.09. The SMILES string of the molecule is CCCCCCCC[C@H](CC(=O)OC(C)(C)C)C([S@@](=O)c1ccc(C)cc1)[S@@](=O)c1ccc(C)cc1. The van der Waals surface area contributed by atoms with Crippen LogP contribution in [0.15, 0.2) is 58.3 Å². The molecule has 0 aliphatic heterocycles. The molecule has 0 unspecified atom stereocenters. The van der Waals surface area contributed by atoms with E-state index in [1.54, 1.807) is 0 Å². The molecule has 0 radical (unpaired) electrons. The van der Waals surface area contributed by atoms with Crippen LogP contribution in [0, 0.1) is 19.8 Å². The topological polar surface area (TPSA) is 60.4 Å². The summed E-state index contributed by atoms with van der Waals surface area (Å²) in [6, 6.07) is 15.1.